The number of aromatic nitrogens is 4. The Morgan fingerprint density at radius 3 is 2.50 bits per heavy atom. The van der Waals surface area contributed by atoms with Crippen LogP contribution in [0.1, 0.15) is 35.8 Å². The van der Waals surface area contributed by atoms with Gasteiger partial charge in [-0.2, -0.15) is 5.10 Å². The first-order chi connectivity index (χ1) is 17.0. The minimum absolute atomic E-state index is 0.131. The van der Waals surface area contributed by atoms with E-state index in [0.29, 0.717) is 22.7 Å². The highest BCUT2D eigenvalue weighted by atomic mass is 19.4. The zero-order valence-electron chi connectivity index (χ0n) is 19.4. The van der Waals surface area contributed by atoms with E-state index in [-0.39, 0.29) is 11.2 Å². The number of alkyl halides is 3. The molecule has 3 heterocycles. The number of carbonyl (C=O) groups is 1. The molecule has 188 valence electrons. The highest BCUT2D eigenvalue weighted by molar-refractivity contribution is 6.00. The molecule has 1 aromatic carbocycles. The van der Waals surface area contributed by atoms with Gasteiger partial charge in [0, 0.05) is 12.4 Å². The summed E-state index contributed by atoms with van der Waals surface area (Å²) < 4.78 is 48.1. The second-order valence-corrected chi connectivity index (χ2v) is 8.38. The number of rotatable bonds is 7. The monoisotopic (exact) mass is 501 g/mol. The minimum Gasteiger partial charge on any atom is -0.481 e. The Labute approximate surface area is 203 Å². The summed E-state index contributed by atoms with van der Waals surface area (Å²) in [5.41, 5.74) is 0.403. The fourth-order valence-electron chi connectivity index (χ4n) is 3.67. The highest BCUT2D eigenvalue weighted by Gasteiger charge is 2.33. The molecule has 0 unspecified atom stereocenters. The molecule has 3 aromatic heterocycles. The maximum Gasteiger partial charge on any atom is 0.573 e. The number of hydrogen-bond acceptors (Lipinski definition) is 7. The molecule has 4 aromatic rings. The smallest absolute Gasteiger partial charge is 0.481 e. The van der Waals surface area contributed by atoms with Crippen LogP contribution in [0, 0.1) is 0 Å². The average molecular weight is 501 g/mol. The van der Waals surface area contributed by atoms with Gasteiger partial charge in [-0.25, -0.2) is 14.5 Å². The summed E-state index contributed by atoms with van der Waals surface area (Å²) in [6.07, 6.45) is -0.283. The second-order valence-electron chi connectivity index (χ2n) is 8.38. The van der Waals surface area contributed by atoms with E-state index < -0.39 is 29.7 Å². The number of aliphatic hydroxyl groups is 1. The molecule has 0 bridgehead atoms. The number of carbonyl (C=O) groups excluding carboxylic acids is 1. The highest BCUT2D eigenvalue weighted by Crippen LogP contribution is 2.30. The van der Waals surface area contributed by atoms with Crippen molar-refractivity contribution in [3.8, 4) is 22.9 Å². The Kier molecular flexibility index (Phi) is 6.55. The van der Waals surface area contributed by atoms with E-state index in [9.17, 15) is 23.1 Å². The molecule has 36 heavy (non-hydrogen) atoms. The van der Waals surface area contributed by atoms with Crippen molar-refractivity contribution >= 4 is 11.6 Å². The van der Waals surface area contributed by atoms with Gasteiger partial charge in [0.15, 0.2) is 5.65 Å². The maximum absolute atomic E-state index is 13.2. The molecule has 0 saturated carbocycles. The number of methoxy groups -OCH3 is 1. The molecule has 9 nitrogen and oxygen atoms in total. The molecule has 2 N–H and O–H groups in total. The normalized spacial score (nSPS) is 12.9. The topological polar surface area (TPSA) is 111 Å². The molecule has 4 rings (SSSR count). The van der Waals surface area contributed by atoms with E-state index in [2.05, 4.69) is 25.1 Å². The van der Waals surface area contributed by atoms with E-state index in [1.807, 2.05) is 0 Å². The standard InChI is InChI=1S/C24H22F3N5O4/c1-23(2,34)19(14-6-8-15(9-7-14)36-24(25,26)27)31-21(33)17-13-29-32-12-10-18(30-20(17)32)16-5-4-11-28-22(16)35-3/h4-13,19,34H,1-3H3,(H,31,33)/t19-/m0/s1. The summed E-state index contributed by atoms with van der Waals surface area (Å²) in [5.74, 6) is -0.646. The predicted octanol–water partition coefficient (Wildman–Crippen LogP) is 3.94. The number of halogens is 3. The number of hydrogen-bond donors (Lipinski definition) is 2. The maximum atomic E-state index is 13.2. The molecule has 0 radical (unpaired) electrons. The molecular formula is C24H22F3N5O4. The number of fused-ring (bicyclic) bond motifs is 1. The third kappa shape index (κ3) is 5.38. The molecule has 1 amide bonds. The Balaban J connectivity index is 1.65. The second kappa shape index (κ2) is 9.46. The van der Waals surface area contributed by atoms with Gasteiger partial charge in [-0.15, -0.1) is 13.2 Å². The minimum atomic E-state index is -4.83. The third-order valence-corrected chi connectivity index (χ3v) is 5.28. The van der Waals surface area contributed by atoms with Crippen LogP contribution in [0.5, 0.6) is 11.6 Å². The van der Waals surface area contributed by atoms with Gasteiger partial charge in [-0.3, -0.25) is 4.79 Å². The lowest BCUT2D eigenvalue weighted by Gasteiger charge is -2.30. The van der Waals surface area contributed by atoms with Gasteiger partial charge in [0.1, 0.15) is 11.3 Å². The molecule has 12 heteroatoms. The summed E-state index contributed by atoms with van der Waals surface area (Å²) in [6, 6.07) is 9.13. The first-order valence-electron chi connectivity index (χ1n) is 10.7. The van der Waals surface area contributed by atoms with E-state index in [0.717, 1.165) is 12.1 Å². The molecule has 0 spiro atoms. The lowest BCUT2D eigenvalue weighted by Crippen LogP contribution is -2.42. The van der Waals surface area contributed by atoms with Crippen LogP contribution in [0.4, 0.5) is 13.2 Å². The quantitative estimate of drug-likeness (QED) is 0.395. The first-order valence-corrected chi connectivity index (χ1v) is 10.7. The Morgan fingerprint density at radius 2 is 1.86 bits per heavy atom. The number of nitrogens with zero attached hydrogens (tertiary/aromatic N) is 4. The lowest BCUT2D eigenvalue weighted by atomic mass is 9.91. The molecule has 0 aliphatic heterocycles. The van der Waals surface area contributed by atoms with Crippen molar-refractivity contribution in [2.45, 2.75) is 31.9 Å². The molecular weight excluding hydrogens is 479 g/mol. The molecule has 1 atom stereocenters. The van der Waals surface area contributed by atoms with E-state index in [1.54, 1.807) is 30.6 Å². The third-order valence-electron chi connectivity index (χ3n) is 5.28. The van der Waals surface area contributed by atoms with Crippen molar-refractivity contribution < 1.29 is 32.5 Å². The summed E-state index contributed by atoms with van der Waals surface area (Å²) in [6.45, 7) is 2.94. The number of pyridine rings is 1. The molecule has 0 saturated heterocycles. The Hall–Kier alpha value is -4.19. The number of nitrogens with one attached hydrogen (secondary N) is 1. The van der Waals surface area contributed by atoms with Crippen LogP contribution in [0.3, 0.4) is 0 Å². The van der Waals surface area contributed by atoms with E-state index >= 15 is 0 Å². The summed E-state index contributed by atoms with van der Waals surface area (Å²) >= 11 is 0. The van der Waals surface area contributed by atoms with Crippen LogP contribution in [0.2, 0.25) is 0 Å². The van der Waals surface area contributed by atoms with Gasteiger partial charge in [0.25, 0.3) is 5.91 Å². The fourth-order valence-corrected chi connectivity index (χ4v) is 3.67. The van der Waals surface area contributed by atoms with Crippen molar-refractivity contribution in [2.24, 2.45) is 0 Å². The Morgan fingerprint density at radius 1 is 1.14 bits per heavy atom. The van der Waals surface area contributed by atoms with Crippen molar-refractivity contribution in [2.75, 3.05) is 7.11 Å². The fraction of sp³-hybridized carbons (Fsp3) is 0.250. The summed E-state index contributed by atoms with van der Waals surface area (Å²) in [4.78, 5) is 22.0. The summed E-state index contributed by atoms with van der Waals surface area (Å²) in [7, 11) is 1.49. The van der Waals surface area contributed by atoms with Gasteiger partial charge >= 0.3 is 6.36 Å². The number of ether oxygens (including phenoxy) is 2. The SMILES string of the molecule is COc1ncccc1-c1ccn2ncc(C(=O)N[C@@H](c3ccc(OC(F)(F)F)cc3)C(C)(C)O)c2n1. The van der Waals surface area contributed by atoms with Crippen LogP contribution in [-0.4, -0.2) is 49.7 Å². The van der Waals surface area contributed by atoms with Crippen LogP contribution >= 0.6 is 0 Å². The predicted molar refractivity (Wildman–Crippen MR) is 122 cm³/mol. The van der Waals surface area contributed by atoms with Crippen LogP contribution < -0.4 is 14.8 Å². The van der Waals surface area contributed by atoms with Crippen LogP contribution in [0.25, 0.3) is 16.9 Å². The van der Waals surface area contributed by atoms with E-state index in [4.69, 9.17) is 4.74 Å². The molecule has 0 aliphatic carbocycles. The zero-order valence-corrected chi connectivity index (χ0v) is 19.4. The Bertz CT molecular complexity index is 1380. The van der Waals surface area contributed by atoms with Crippen molar-refractivity contribution in [1.82, 2.24) is 24.9 Å². The lowest BCUT2D eigenvalue weighted by molar-refractivity contribution is -0.274. The van der Waals surface area contributed by atoms with Gasteiger partial charge in [-0.05, 0) is 49.7 Å². The van der Waals surface area contributed by atoms with Crippen molar-refractivity contribution in [3.05, 3.63) is 72.2 Å². The van der Waals surface area contributed by atoms with Gasteiger partial charge in [0.2, 0.25) is 5.88 Å². The molecule has 0 aliphatic rings. The average Bonchev–Trinajstić information content (AvgIpc) is 3.25. The van der Waals surface area contributed by atoms with E-state index in [1.165, 1.54) is 43.8 Å². The van der Waals surface area contributed by atoms with Crippen molar-refractivity contribution in [3.63, 3.8) is 0 Å². The van der Waals surface area contributed by atoms with Gasteiger partial charge in [0.05, 0.1) is 36.2 Å². The summed E-state index contributed by atoms with van der Waals surface area (Å²) in [5, 5.41) is 17.6. The number of benzene rings is 1. The van der Waals surface area contributed by atoms with Crippen LogP contribution in [0.15, 0.2) is 61.1 Å². The largest absolute Gasteiger partial charge is 0.573 e. The first kappa shape index (κ1) is 24.9. The van der Waals surface area contributed by atoms with Gasteiger partial charge < -0.3 is 19.9 Å². The van der Waals surface area contributed by atoms with Crippen LogP contribution in [-0.2, 0) is 0 Å². The zero-order chi connectivity index (χ0) is 26.1. The molecule has 0 fully saturated rings. The number of amides is 1. The van der Waals surface area contributed by atoms with Gasteiger partial charge in [-0.1, -0.05) is 12.1 Å². The van der Waals surface area contributed by atoms with Crippen molar-refractivity contribution in [1.29, 1.82) is 0 Å².